The summed E-state index contributed by atoms with van der Waals surface area (Å²) < 4.78 is 7.33. The van der Waals surface area contributed by atoms with Crippen LogP contribution in [-0.2, 0) is 11.5 Å². The van der Waals surface area contributed by atoms with Crippen LogP contribution < -0.4 is 56.5 Å². The van der Waals surface area contributed by atoms with E-state index in [2.05, 4.69) is 40.6 Å². The van der Waals surface area contributed by atoms with E-state index in [-0.39, 0.29) is 63.9 Å². The molecule has 18 heavy (non-hydrogen) atoms. The Kier molecular flexibility index (Phi) is 8.75. The van der Waals surface area contributed by atoms with Crippen molar-refractivity contribution in [2.45, 2.75) is 32.4 Å². The summed E-state index contributed by atoms with van der Waals surface area (Å²) in [6.45, 7) is 7.61. The van der Waals surface area contributed by atoms with Gasteiger partial charge in [-0.1, -0.05) is 19.6 Å². The first-order chi connectivity index (χ1) is 7.79. The molecule has 1 aromatic rings. The van der Waals surface area contributed by atoms with Crippen molar-refractivity contribution in [1.29, 1.82) is 0 Å². The molecule has 0 spiro atoms. The summed E-state index contributed by atoms with van der Waals surface area (Å²) >= 11 is 3.12. The molecule has 8 heteroatoms. The predicted molar refractivity (Wildman–Crippen MR) is 68.4 cm³/mol. The van der Waals surface area contributed by atoms with E-state index in [1.54, 1.807) is 6.20 Å². The van der Waals surface area contributed by atoms with Crippen LogP contribution in [0, 0.1) is 0 Å². The van der Waals surface area contributed by atoms with Crippen LogP contribution in [0.25, 0.3) is 0 Å². The number of aromatic nitrogens is 2. The van der Waals surface area contributed by atoms with Gasteiger partial charge in [-0.05, 0) is 22.0 Å². The van der Waals surface area contributed by atoms with Crippen LogP contribution in [0.5, 0.6) is 0 Å². The number of rotatable bonds is 6. The number of aromatic carboxylic acids is 1. The van der Waals surface area contributed by atoms with Crippen molar-refractivity contribution in [3.8, 4) is 0 Å². The molecule has 0 aromatic carbocycles. The van der Waals surface area contributed by atoms with Crippen LogP contribution in [0.3, 0.4) is 0 Å². The molecule has 0 fully saturated rings. The molecule has 0 aliphatic rings. The molecule has 0 aliphatic carbocycles. The van der Waals surface area contributed by atoms with Crippen molar-refractivity contribution < 1.29 is 66.0 Å². The van der Waals surface area contributed by atoms with E-state index in [1.807, 2.05) is 0 Å². The Hall–Kier alpha value is 0.973. The third kappa shape index (κ3) is 6.94. The van der Waals surface area contributed by atoms with Gasteiger partial charge in [0.2, 0.25) is 0 Å². The van der Waals surface area contributed by atoms with Gasteiger partial charge in [-0.25, -0.2) is 4.98 Å². The number of imidazole rings is 1. The normalized spacial score (nSPS) is 11.1. The summed E-state index contributed by atoms with van der Waals surface area (Å²) in [6.07, 6.45) is 1.57. The van der Waals surface area contributed by atoms with Crippen LogP contribution >= 0.6 is 15.9 Å². The van der Waals surface area contributed by atoms with Crippen molar-refractivity contribution in [3.63, 3.8) is 0 Å². The maximum Gasteiger partial charge on any atom is 1.00 e. The van der Waals surface area contributed by atoms with E-state index in [1.165, 1.54) is 4.57 Å². The Balaban J connectivity index is 0.00000289. The van der Waals surface area contributed by atoms with Crippen LogP contribution in [0.2, 0.25) is 25.7 Å². The first-order valence-corrected chi connectivity index (χ1v) is 9.81. The quantitative estimate of drug-likeness (QED) is 0.450. The number of carbonyl (C=O) groups excluding carboxylic acids is 1. The zero-order valence-corrected chi connectivity index (χ0v) is 16.9. The van der Waals surface area contributed by atoms with Gasteiger partial charge < -0.3 is 19.2 Å². The van der Waals surface area contributed by atoms with Gasteiger partial charge >= 0.3 is 51.4 Å². The molecule has 96 valence electrons. The summed E-state index contributed by atoms with van der Waals surface area (Å²) in [6, 6.07) is 1.05. The minimum atomic E-state index is -1.30. The van der Waals surface area contributed by atoms with Crippen LogP contribution in [0.15, 0.2) is 10.8 Å². The largest absolute Gasteiger partial charge is 1.00 e. The first kappa shape index (κ1) is 19.0. The topological polar surface area (TPSA) is 67.2 Å². The first-order valence-electron chi connectivity index (χ1n) is 5.31. The number of carboxylic acids is 1. The molecule has 0 saturated heterocycles. The van der Waals surface area contributed by atoms with Crippen LogP contribution in [0.1, 0.15) is 10.6 Å². The summed E-state index contributed by atoms with van der Waals surface area (Å²) in [7, 11) is -1.11. The molecule has 0 radical (unpaired) electrons. The zero-order chi connectivity index (χ0) is 13.1. The molecule has 0 atom stereocenters. The van der Waals surface area contributed by atoms with E-state index >= 15 is 0 Å². The third-order valence-corrected chi connectivity index (χ3v) is 4.24. The second kappa shape index (κ2) is 8.30. The van der Waals surface area contributed by atoms with E-state index in [4.69, 9.17) is 4.74 Å². The van der Waals surface area contributed by atoms with Gasteiger partial charge in [0, 0.05) is 20.9 Å². The number of nitrogens with zero attached hydrogens (tertiary/aromatic N) is 2. The number of halogens is 1. The maximum atomic E-state index is 10.8. The second-order valence-electron chi connectivity index (χ2n) is 4.99. The number of carboxylic acid groups (broad SMARTS) is 1. The minimum Gasteiger partial charge on any atom is -0.542 e. The van der Waals surface area contributed by atoms with Crippen LogP contribution in [0.4, 0.5) is 0 Å². The van der Waals surface area contributed by atoms with Gasteiger partial charge in [0.05, 0.1) is 0 Å². The fourth-order valence-corrected chi connectivity index (χ4v) is 2.36. The Labute approximate surface area is 159 Å². The maximum absolute atomic E-state index is 10.8. The SMILES string of the molecule is C[Si](C)(C)CCOCn1cc(Br)nc1C(=O)[O-].[K+]. The Morgan fingerprint density at radius 1 is 1.56 bits per heavy atom. The van der Waals surface area contributed by atoms with Crippen molar-refractivity contribution in [1.82, 2.24) is 9.55 Å². The fourth-order valence-electron chi connectivity index (χ4n) is 1.19. The average Bonchev–Trinajstić information content (AvgIpc) is 2.53. The van der Waals surface area contributed by atoms with Gasteiger partial charge in [0.15, 0.2) is 5.82 Å². The van der Waals surface area contributed by atoms with E-state index in [0.29, 0.717) is 11.2 Å². The Bertz CT molecular complexity index is 406. The number of ether oxygens (including phenoxy) is 1. The smallest absolute Gasteiger partial charge is 0.542 e. The van der Waals surface area contributed by atoms with Gasteiger partial charge in [0.25, 0.3) is 0 Å². The molecule has 0 aliphatic heterocycles. The second-order valence-corrected chi connectivity index (χ2v) is 11.4. The summed E-state index contributed by atoms with van der Waals surface area (Å²) in [5, 5.41) is 10.8. The molecule has 1 rings (SSSR count). The molecule has 0 N–H and O–H groups in total. The number of hydrogen-bond acceptors (Lipinski definition) is 4. The summed E-state index contributed by atoms with van der Waals surface area (Å²) in [5.41, 5.74) is 0. The monoisotopic (exact) mass is 358 g/mol. The van der Waals surface area contributed by atoms with Crippen molar-refractivity contribution in [2.24, 2.45) is 0 Å². The summed E-state index contributed by atoms with van der Waals surface area (Å²) in [4.78, 5) is 14.5. The number of carbonyl (C=O) groups is 1. The fraction of sp³-hybridized carbons (Fsp3) is 0.600. The van der Waals surface area contributed by atoms with Gasteiger partial charge in [-0.2, -0.15) is 0 Å². The molecular weight excluding hydrogens is 343 g/mol. The minimum absolute atomic E-state index is 0. The molecule has 0 saturated carbocycles. The molecular formula is C10H16BrKN2O3Si. The van der Waals surface area contributed by atoms with Gasteiger partial charge in [-0.3, -0.25) is 0 Å². The van der Waals surface area contributed by atoms with Gasteiger partial charge in [0.1, 0.15) is 17.3 Å². The van der Waals surface area contributed by atoms with Crippen molar-refractivity contribution in [3.05, 3.63) is 16.6 Å². The van der Waals surface area contributed by atoms with Crippen molar-refractivity contribution in [2.75, 3.05) is 6.61 Å². The third-order valence-electron chi connectivity index (χ3n) is 2.16. The van der Waals surface area contributed by atoms with E-state index in [0.717, 1.165) is 6.04 Å². The molecule has 1 aromatic heterocycles. The molecule has 5 nitrogen and oxygen atoms in total. The standard InChI is InChI=1S/C10H17BrN2O3Si.K/c1-17(2,3)5-4-16-7-13-6-8(11)12-9(13)10(14)15;/h6H,4-5,7H2,1-3H3,(H,14,15);/q;+1/p-1. The molecule has 0 amide bonds. The Morgan fingerprint density at radius 2 is 2.17 bits per heavy atom. The average molecular weight is 359 g/mol. The Morgan fingerprint density at radius 3 is 2.67 bits per heavy atom. The predicted octanol–water partition coefficient (Wildman–Crippen LogP) is -1.67. The number of hydrogen-bond donors (Lipinski definition) is 0. The zero-order valence-electron chi connectivity index (χ0n) is 11.2. The molecule has 0 bridgehead atoms. The summed E-state index contributed by atoms with van der Waals surface area (Å²) in [5.74, 6) is -1.42. The van der Waals surface area contributed by atoms with Crippen LogP contribution in [-0.4, -0.2) is 30.2 Å². The van der Waals surface area contributed by atoms with Crippen molar-refractivity contribution >= 4 is 30.0 Å². The van der Waals surface area contributed by atoms with E-state index < -0.39 is 14.0 Å². The molecule has 1 heterocycles. The molecule has 0 unspecified atom stereocenters. The van der Waals surface area contributed by atoms with Gasteiger partial charge in [-0.15, -0.1) is 0 Å². The van der Waals surface area contributed by atoms with E-state index in [9.17, 15) is 9.90 Å².